The number of unbranched alkanes of at least 4 members (excludes halogenated alkanes) is 8. The number of benzene rings is 2. The second-order valence-corrected chi connectivity index (χ2v) is 7.76. The molecule has 1 nitrogen and oxygen atoms in total. The highest BCUT2D eigenvalue weighted by molar-refractivity contribution is 5.45. The molecule has 0 aromatic heterocycles. The minimum Gasteiger partial charge on any atom is -0.399 e. The summed E-state index contributed by atoms with van der Waals surface area (Å²) in [6.45, 7) is 4.43. The summed E-state index contributed by atoms with van der Waals surface area (Å²) in [5.74, 6) is 0. The van der Waals surface area contributed by atoms with Crippen molar-refractivity contribution >= 4 is 5.69 Å². The molecule has 0 aliphatic carbocycles. The number of nitrogen functional groups attached to an aromatic ring is 1. The minimum absolute atomic E-state index is 0.850. The molecule has 0 spiro atoms. The van der Waals surface area contributed by atoms with Crippen molar-refractivity contribution < 1.29 is 0 Å². The average Bonchev–Trinajstić information content (AvgIpc) is 2.64. The van der Waals surface area contributed by atoms with Gasteiger partial charge in [-0.3, -0.25) is 0 Å². The maximum Gasteiger partial charge on any atom is 0.0316 e. The van der Waals surface area contributed by atoms with Crippen LogP contribution >= 0.6 is 0 Å². The summed E-state index contributed by atoms with van der Waals surface area (Å²) in [6, 6.07) is 15.4. The Kier molecular flexibility index (Phi) is 9.31. The Morgan fingerprint density at radius 1 is 0.692 bits per heavy atom. The second kappa shape index (κ2) is 11.8. The Morgan fingerprint density at radius 2 is 1.27 bits per heavy atom. The maximum absolute atomic E-state index is 5.84. The zero-order chi connectivity index (χ0) is 18.6. The quantitative estimate of drug-likeness (QED) is 0.316. The fourth-order valence-electron chi connectivity index (χ4n) is 3.60. The normalized spacial score (nSPS) is 11.0. The predicted molar refractivity (Wildman–Crippen MR) is 116 cm³/mol. The number of anilines is 1. The molecule has 2 N–H and O–H groups in total. The third kappa shape index (κ3) is 7.64. The van der Waals surface area contributed by atoms with E-state index in [9.17, 15) is 0 Å². The van der Waals surface area contributed by atoms with E-state index in [4.69, 9.17) is 5.73 Å². The summed E-state index contributed by atoms with van der Waals surface area (Å²) >= 11 is 0. The highest BCUT2D eigenvalue weighted by Crippen LogP contribution is 2.18. The summed E-state index contributed by atoms with van der Waals surface area (Å²) in [4.78, 5) is 0. The fourth-order valence-corrected chi connectivity index (χ4v) is 3.60. The van der Waals surface area contributed by atoms with Crippen molar-refractivity contribution in [2.75, 3.05) is 5.73 Å². The molecule has 2 aromatic carbocycles. The van der Waals surface area contributed by atoms with E-state index in [0.717, 1.165) is 12.1 Å². The molecular formula is C25H37N. The van der Waals surface area contributed by atoms with Gasteiger partial charge < -0.3 is 5.73 Å². The molecule has 0 radical (unpaired) electrons. The van der Waals surface area contributed by atoms with Crippen molar-refractivity contribution in [3.05, 3.63) is 64.7 Å². The average molecular weight is 352 g/mol. The lowest BCUT2D eigenvalue weighted by Gasteiger charge is -2.08. The predicted octanol–water partition coefficient (Wildman–Crippen LogP) is 7.24. The van der Waals surface area contributed by atoms with Crippen molar-refractivity contribution in [2.45, 2.75) is 84.5 Å². The summed E-state index contributed by atoms with van der Waals surface area (Å²) < 4.78 is 0. The van der Waals surface area contributed by atoms with Gasteiger partial charge in [-0.15, -0.1) is 0 Å². The molecule has 26 heavy (non-hydrogen) atoms. The van der Waals surface area contributed by atoms with Crippen LogP contribution in [0.5, 0.6) is 0 Å². The maximum atomic E-state index is 5.84. The van der Waals surface area contributed by atoms with Gasteiger partial charge in [0.25, 0.3) is 0 Å². The Morgan fingerprint density at radius 3 is 1.88 bits per heavy atom. The SMILES string of the molecule is CCCCCCCCCCCc1ccc(Cc2ccc(N)cc2C)cc1. The first-order valence-corrected chi connectivity index (χ1v) is 10.6. The van der Waals surface area contributed by atoms with Crippen molar-refractivity contribution in [3.63, 3.8) is 0 Å². The van der Waals surface area contributed by atoms with E-state index in [0.29, 0.717) is 0 Å². The minimum atomic E-state index is 0.850. The van der Waals surface area contributed by atoms with Crippen LogP contribution in [-0.4, -0.2) is 0 Å². The Bertz CT molecular complexity index is 627. The van der Waals surface area contributed by atoms with E-state index >= 15 is 0 Å². The van der Waals surface area contributed by atoms with E-state index in [-0.39, 0.29) is 0 Å². The van der Waals surface area contributed by atoms with Gasteiger partial charge in [0.2, 0.25) is 0 Å². The van der Waals surface area contributed by atoms with Crippen molar-refractivity contribution in [3.8, 4) is 0 Å². The first-order chi connectivity index (χ1) is 12.7. The fraction of sp³-hybridized carbons (Fsp3) is 0.520. The van der Waals surface area contributed by atoms with Gasteiger partial charge in [-0.25, -0.2) is 0 Å². The monoisotopic (exact) mass is 351 g/mol. The summed E-state index contributed by atoms with van der Waals surface area (Å²) in [5.41, 5.74) is 12.2. The molecule has 0 amide bonds. The summed E-state index contributed by atoms with van der Waals surface area (Å²) in [5, 5.41) is 0. The first kappa shape index (κ1) is 20.6. The van der Waals surface area contributed by atoms with Crippen LogP contribution in [0.25, 0.3) is 0 Å². The standard InChI is InChI=1S/C25H37N/c1-3-4-5-6-7-8-9-10-11-12-22-13-15-23(16-14-22)20-24-17-18-25(26)19-21(24)2/h13-19H,3-12,20,26H2,1-2H3. The van der Waals surface area contributed by atoms with E-state index in [1.807, 2.05) is 6.07 Å². The van der Waals surface area contributed by atoms with Gasteiger partial charge in [0.15, 0.2) is 0 Å². The van der Waals surface area contributed by atoms with E-state index in [1.54, 1.807) is 0 Å². The summed E-state index contributed by atoms with van der Waals surface area (Å²) in [6.07, 6.45) is 14.8. The molecule has 0 unspecified atom stereocenters. The molecule has 0 fully saturated rings. The van der Waals surface area contributed by atoms with Gasteiger partial charge >= 0.3 is 0 Å². The first-order valence-electron chi connectivity index (χ1n) is 10.6. The van der Waals surface area contributed by atoms with E-state index in [2.05, 4.69) is 50.2 Å². The van der Waals surface area contributed by atoms with E-state index in [1.165, 1.54) is 86.5 Å². The van der Waals surface area contributed by atoms with Gasteiger partial charge in [-0.05, 0) is 60.6 Å². The van der Waals surface area contributed by atoms with Crippen molar-refractivity contribution in [2.24, 2.45) is 0 Å². The summed E-state index contributed by atoms with van der Waals surface area (Å²) in [7, 11) is 0. The van der Waals surface area contributed by atoms with Crippen LogP contribution in [0.3, 0.4) is 0 Å². The zero-order valence-corrected chi connectivity index (χ0v) is 16.9. The van der Waals surface area contributed by atoms with Crippen LogP contribution in [-0.2, 0) is 12.8 Å². The molecule has 0 bridgehead atoms. The van der Waals surface area contributed by atoms with Gasteiger partial charge in [-0.2, -0.15) is 0 Å². The van der Waals surface area contributed by atoms with Crippen LogP contribution in [0, 0.1) is 6.92 Å². The molecule has 0 aliphatic heterocycles. The Labute approximate surface area is 161 Å². The molecule has 142 valence electrons. The third-order valence-electron chi connectivity index (χ3n) is 5.35. The van der Waals surface area contributed by atoms with Gasteiger partial charge in [0.1, 0.15) is 0 Å². The molecule has 0 saturated heterocycles. The third-order valence-corrected chi connectivity index (χ3v) is 5.35. The lowest BCUT2D eigenvalue weighted by Crippen LogP contribution is -1.95. The van der Waals surface area contributed by atoms with Crippen molar-refractivity contribution in [1.82, 2.24) is 0 Å². The Balaban J connectivity index is 1.64. The molecule has 0 aliphatic rings. The van der Waals surface area contributed by atoms with Crippen molar-refractivity contribution in [1.29, 1.82) is 0 Å². The van der Waals surface area contributed by atoms with Gasteiger partial charge in [0.05, 0.1) is 0 Å². The number of aryl methyl sites for hydroxylation is 2. The van der Waals surface area contributed by atoms with Crippen LogP contribution < -0.4 is 5.73 Å². The highest BCUT2D eigenvalue weighted by Gasteiger charge is 2.02. The molecule has 0 atom stereocenters. The molecule has 0 heterocycles. The smallest absolute Gasteiger partial charge is 0.0316 e. The van der Waals surface area contributed by atoms with Gasteiger partial charge in [-0.1, -0.05) is 88.6 Å². The topological polar surface area (TPSA) is 26.0 Å². The molecule has 1 heteroatoms. The lowest BCUT2D eigenvalue weighted by atomic mass is 9.98. The van der Waals surface area contributed by atoms with Crippen LogP contribution in [0.1, 0.15) is 87.0 Å². The molecular weight excluding hydrogens is 314 g/mol. The lowest BCUT2D eigenvalue weighted by molar-refractivity contribution is 0.565. The second-order valence-electron chi connectivity index (χ2n) is 7.76. The molecule has 2 rings (SSSR count). The largest absolute Gasteiger partial charge is 0.399 e. The zero-order valence-electron chi connectivity index (χ0n) is 16.9. The van der Waals surface area contributed by atoms with E-state index < -0.39 is 0 Å². The number of rotatable bonds is 12. The number of hydrogen-bond donors (Lipinski definition) is 1. The van der Waals surface area contributed by atoms with Crippen LogP contribution in [0.15, 0.2) is 42.5 Å². The molecule has 0 saturated carbocycles. The number of nitrogens with two attached hydrogens (primary N) is 1. The van der Waals surface area contributed by atoms with Gasteiger partial charge in [0, 0.05) is 5.69 Å². The van der Waals surface area contributed by atoms with Crippen LogP contribution in [0.2, 0.25) is 0 Å². The molecule has 2 aromatic rings. The number of hydrogen-bond acceptors (Lipinski definition) is 1. The van der Waals surface area contributed by atoms with Crippen LogP contribution in [0.4, 0.5) is 5.69 Å². The Hall–Kier alpha value is -1.76. The highest BCUT2D eigenvalue weighted by atomic mass is 14.5.